The van der Waals surface area contributed by atoms with Crippen LogP contribution in [-0.4, -0.2) is 5.78 Å². The Labute approximate surface area is 75.2 Å². The number of rotatable bonds is 4. The van der Waals surface area contributed by atoms with Gasteiger partial charge in [0, 0.05) is 0 Å². The maximum Gasteiger partial charge on any atom is 0.152 e. The molecule has 12 heavy (non-hydrogen) atoms. The predicted octanol–water partition coefficient (Wildman–Crippen LogP) is 3.27. The molecule has 0 aliphatic heterocycles. The molecule has 0 aliphatic rings. The fourth-order valence-electron chi connectivity index (χ4n) is 0.941. The summed E-state index contributed by atoms with van der Waals surface area (Å²) in [5.41, 5.74) is 2.29. The van der Waals surface area contributed by atoms with Crippen molar-refractivity contribution in [3.05, 3.63) is 23.3 Å². The molecule has 0 aromatic heterocycles. The van der Waals surface area contributed by atoms with E-state index < -0.39 is 0 Å². The van der Waals surface area contributed by atoms with Crippen molar-refractivity contribution in [1.29, 1.82) is 0 Å². The Morgan fingerprint density at radius 3 is 2.17 bits per heavy atom. The van der Waals surface area contributed by atoms with E-state index in [1.807, 2.05) is 13.8 Å². The predicted molar refractivity (Wildman–Crippen MR) is 53.1 cm³/mol. The lowest BCUT2D eigenvalue weighted by Crippen LogP contribution is -1.87. The Hall–Kier alpha value is -0.850. The lowest BCUT2D eigenvalue weighted by Gasteiger charge is -1.99. The summed E-state index contributed by atoms with van der Waals surface area (Å²) in [6, 6.07) is 0. The van der Waals surface area contributed by atoms with E-state index in [0.29, 0.717) is 0 Å². The molecule has 0 aliphatic carbocycles. The van der Waals surface area contributed by atoms with Gasteiger partial charge in [0.25, 0.3) is 0 Å². The van der Waals surface area contributed by atoms with Crippen LogP contribution in [0, 0.1) is 0 Å². The fraction of sp³-hybridized carbons (Fsp3) is 0.545. The van der Waals surface area contributed by atoms with Gasteiger partial charge >= 0.3 is 0 Å². The molecule has 1 nitrogen and oxygen atoms in total. The van der Waals surface area contributed by atoms with Crippen molar-refractivity contribution in [3.63, 3.8) is 0 Å². The minimum absolute atomic E-state index is 0.122. The van der Waals surface area contributed by atoms with Gasteiger partial charge in [-0.25, -0.2) is 0 Å². The van der Waals surface area contributed by atoms with Crippen molar-refractivity contribution in [1.82, 2.24) is 0 Å². The monoisotopic (exact) mass is 166 g/mol. The third kappa shape index (κ3) is 4.89. The van der Waals surface area contributed by atoms with Gasteiger partial charge in [0.15, 0.2) is 5.78 Å². The van der Waals surface area contributed by atoms with Crippen LogP contribution in [0.15, 0.2) is 23.3 Å². The molecule has 0 aromatic rings. The van der Waals surface area contributed by atoms with Crippen LogP contribution < -0.4 is 0 Å². The smallest absolute Gasteiger partial charge is 0.152 e. The molecule has 0 unspecified atom stereocenters. The van der Waals surface area contributed by atoms with Gasteiger partial charge in [0.2, 0.25) is 0 Å². The zero-order chi connectivity index (χ0) is 9.56. The van der Waals surface area contributed by atoms with Crippen LogP contribution in [0.1, 0.15) is 40.5 Å². The number of hydrogen-bond donors (Lipinski definition) is 0. The maximum atomic E-state index is 10.7. The lowest BCUT2D eigenvalue weighted by atomic mass is 10.1. The molecule has 0 radical (unpaired) electrons. The molecule has 0 bridgehead atoms. The lowest BCUT2D eigenvalue weighted by molar-refractivity contribution is -0.112. The second-order valence-electron chi connectivity index (χ2n) is 3.11. The molecule has 0 N–H and O–H groups in total. The van der Waals surface area contributed by atoms with E-state index in [9.17, 15) is 4.79 Å². The molecule has 68 valence electrons. The largest absolute Gasteiger partial charge is 0.295 e. The SMILES string of the molecule is CCC/C=C(C)/C(C)=C/C(C)=O. The molecule has 0 aromatic carbocycles. The summed E-state index contributed by atoms with van der Waals surface area (Å²) in [4.78, 5) is 10.7. The van der Waals surface area contributed by atoms with Crippen molar-refractivity contribution >= 4 is 5.78 Å². The van der Waals surface area contributed by atoms with Crippen LogP contribution in [-0.2, 0) is 4.79 Å². The summed E-state index contributed by atoms with van der Waals surface area (Å²) in [6.07, 6.45) is 6.11. The van der Waals surface area contributed by atoms with Crippen LogP contribution in [0.3, 0.4) is 0 Å². The van der Waals surface area contributed by atoms with E-state index in [1.165, 1.54) is 5.57 Å². The maximum absolute atomic E-state index is 10.7. The zero-order valence-electron chi connectivity index (χ0n) is 8.48. The van der Waals surface area contributed by atoms with Gasteiger partial charge in [-0.15, -0.1) is 0 Å². The minimum atomic E-state index is 0.122. The number of allylic oxidation sites excluding steroid dienone is 4. The first-order valence-corrected chi connectivity index (χ1v) is 4.44. The Morgan fingerprint density at radius 1 is 1.17 bits per heavy atom. The van der Waals surface area contributed by atoms with Gasteiger partial charge in [-0.3, -0.25) is 4.79 Å². The van der Waals surface area contributed by atoms with Gasteiger partial charge in [0.1, 0.15) is 0 Å². The van der Waals surface area contributed by atoms with Crippen molar-refractivity contribution < 1.29 is 4.79 Å². The summed E-state index contributed by atoms with van der Waals surface area (Å²) in [7, 11) is 0. The molecule has 0 saturated carbocycles. The second kappa shape index (κ2) is 5.76. The van der Waals surface area contributed by atoms with E-state index in [-0.39, 0.29) is 5.78 Å². The molecule has 0 saturated heterocycles. The van der Waals surface area contributed by atoms with Gasteiger partial charge in [-0.2, -0.15) is 0 Å². The first-order chi connectivity index (χ1) is 5.57. The van der Waals surface area contributed by atoms with Gasteiger partial charge < -0.3 is 0 Å². The standard InChI is InChI=1S/C11H18O/c1-5-6-7-9(2)10(3)8-11(4)12/h7-8H,5-6H2,1-4H3/b9-7+,10-8+. The van der Waals surface area contributed by atoms with Crippen molar-refractivity contribution in [2.24, 2.45) is 0 Å². The Balaban J connectivity index is 4.27. The summed E-state index contributed by atoms with van der Waals surface area (Å²) in [5, 5.41) is 0. The average Bonchev–Trinajstić information content (AvgIpc) is 1.98. The van der Waals surface area contributed by atoms with Crippen LogP contribution in [0.25, 0.3) is 0 Å². The van der Waals surface area contributed by atoms with E-state index in [2.05, 4.69) is 13.0 Å². The molecule has 1 heteroatoms. The fourth-order valence-corrected chi connectivity index (χ4v) is 0.941. The van der Waals surface area contributed by atoms with Gasteiger partial charge in [0.05, 0.1) is 0 Å². The summed E-state index contributed by atoms with van der Waals surface area (Å²) in [5.74, 6) is 0.122. The summed E-state index contributed by atoms with van der Waals surface area (Å²) >= 11 is 0. The van der Waals surface area contributed by atoms with Crippen LogP contribution in [0.5, 0.6) is 0 Å². The number of ketones is 1. The molecule has 0 atom stereocenters. The quantitative estimate of drug-likeness (QED) is 0.462. The molecule has 0 amide bonds. The molecule has 0 spiro atoms. The van der Waals surface area contributed by atoms with E-state index in [4.69, 9.17) is 0 Å². The summed E-state index contributed by atoms with van der Waals surface area (Å²) < 4.78 is 0. The molecule has 0 fully saturated rings. The van der Waals surface area contributed by atoms with E-state index in [1.54, 1.807) is 13.0 Å². The second-order valence-corrected chi connectivity index (χ2v) is 3.11. The number of carbonyl (C=O) groups excluding carboxylic acids is 1. The summed E-state index contributed by atoms with van der Waals surface area (Å²) in [6.45, 7) is 7.75. The van der Waals surface area contributed by atoms with E-state index in [0.717, 1.165) is 18.4 Å². The minimum Gasteiger partial charge on any atom is -0.295 e. The van der Waals surface area contributed by atoms with Crippen LogP contribution in [0.2, 0.25) is 0 Å². The Morgan fingerprint density at radius 2 is 1.75 bits per heavy atom. The number of hydrogen-bond acceptors (Lipinski definition) is 1. The normalized spacial score (nSPS) is 13.3. The molecular weight excluding hydrogens is 148 g/mol. The van der Waals surface area contributed by atoms with Gasteiger partial charge in [-0.05, 0) is 38.8 Å². The van der Waals surface area contributed by atoms with Crippen molar-refractivity contribution in [2.45, 2.75) is 40.5 Å². The van der Waals surface area contributed by atoms with Crippen LogP contribution in [0.4, 0.5) is 0 Å². The van der Waals surface area contributed by atoms with E-state index >= 15 is 0 Å². The molecular formula is C11H18O. The average molecular weight is 166 g/mol. The number of carbonyl (C=O) groups is 1. The highest BCUT2D eigenvalue weighted by molar-refractivity contribution is 5.88. The Kier molecular flexibility index (Phi) is 5.35. The van der Waals surface area contributed by atoms with Crippen LogP contribution >= 0.6 is 0 Å². The highest BCUT2D eigenvalue weighted by Gasteiger charge is 1.93. The molecule has 0 heterocycles. The highest BCUT2D eigenvalue weighted by atomic mass is 16.1. The van der Waals surface area contributed by atoms with Gasteiger partial charge in [-0.1, -0.05) is 25.0 Å². The first kappa shape index (κ1) is 11.2. The number of unbranched alkanes of at least 4 members (excludes halogenated alkanes) is 1. The molecule has 0 rings (SSSR count). The Bertz CT molecular complexity index is 209. The first-order valence-electron chi connectivity index (χ1n) is 4.44. The van der Waals surface area contributed by atoms with Crippen molar-refractivity contribution in [2.75, 3.05) is 0 Å². The topological polar surface area (TPSA) is 17.1 Å². The third-order valence-electron chi connectivity index (χ3n) is 1.78. The third-order valence-corrected chi connectivity index (χ3v) is 1.78. The van der Waals surface area contributed by atoms with Crippen molar-refractivity contribution in [3.8, 4) is 0 Å². The zero-order valence-corrected chi connectivity index (χ0v) is 8.48. The highest BCUT2D eigenvalue weighted by Crippen LogP contribution is 2.09.